The highest BCUT2D eigenvalue weighted by Gasteiger charge is 2.20. The highest BCUT2D eigenvalue weighted by atomic mass is 35.5. The van der Waals surface area contributed by atoms with Gasteiger partial charge in [0.05, 0.1) is 5.69 Å². The van der Waals surface area contributed by atoms with Gasteiger partial charge in [0.1, 0.15) is 16.5 Å². The zero-order valence-corrected chi connectivity index (χ0v) is 11.9. The maximum atomic E-state index is 13.5. The number of sulfonamides is 1. The zero-order valence-electron chi connectivity index (χ0n) is 10.3. The molecule has 7 heteroatoms. The second kappa shape index (κ2) is 5.38. The molecule has 3 nitrogen and oxygen atoms in total. The lowest BCUT2D eigenvalue weighted by Crippen LogP contribution is -2.15. The molecule has 0 atom stereocenters. The number of nitrogens with one attached hydrogen (secondary N) is 1. The third kappa shape index (κ3) is 3.08. The lowest BCUT2D eigenvalue weighted by atomic mass is 10.2. The number of hydrogen-bond acceptors (Lipinski definition) is 2. The fourth-order valence-corrected chi connectivity index (χ4v) is 2.87. The summed E-state index contributed by atoms with van der Waals surface area (Å²) in [7, 11) is -4.22. The molecule has 2 rings (SSSR count). The smallest absolute Gasteiger partial charge is 0.264 e. The van der Waals surface area contributed by atoms with Crippen molar-refractivity contribution in [2.45, 2.75) is 11.8 Å². The summed E-state index contributed by atoms with van der Waals surface area (Å²) in [5, 5.41) is 0.366. The lowest BCUT2D eigenvalue weighted by Gasteiger charge is -2.10. The van der Waals surface area contributed by atoms with Crippen molar-refractivity contribution in [3.05, 3.63) is 58.6 Å². The SMILES string of the molecule is Cc1ccc(NS(=O)(=O)c2cc(F)ccc2F)cc1Cl. The first-order chi connectivity index (χ1) is 9.29. The second-order valence-electron chi connectivity index (χ2n) is 4.14. The molecule has 20 heavy (non-hydrogen) atoms. The molecular formula is C13H10ClF2NO2S. The van der Waals surface area contributed by atoms with E-state index in [4.69, 9.17) is 11.6 Å². The average molecular weight is 318 g/mol. The van der Waals surface area contributed by atoms with E-state index in [2.05, 4.69) is 4.72 Å². The van der Waals surface area contributed by atoms with Crippen LogP contribution in [0, 0.1) is 18.6 Å². The van der Waals surface area contributed by atoms with E-state index in [0.717, 1.165) is 17.7 Å². The van der Waals surface area contributed by atoms with E-state index in [-0.39, 0.29) is 5.69 Å². The van der Waals surface area contributed by atoms with Crippen LogP contribution in [0.15, 0.2) is 41.3 Å². The van der Waals surface area contributed by atoms with Crippen molar-refractivity contribution < 1.29 is 17.2 Å². The molecule has 0 aliphatic carbocycles. The third-order valence-corrected chi connectivity index (χ3v) is 4.41. The minimum Gasteiger partial charge on any atom is -0.279 e. The average Bonchev–Trinajstić information content (AvgIpc) is 2.36. The Bertz CT molecular complexity index is 763. The molecule has 0 aliphatic rings. The van der Waals surface area contributed by atoms with Crippen LogP contribution < -0.4 is 4.72 Å². The Morgan fingerprint density at radius 3 is 2.45 bits per heavy atom. The van der Waals surface area contributed by atoms with Crippen molar-refractivity contribution in [1.82, 2.24) is 0 Å². The van der Waals surface area contributed by atoms with Gasteiger partial charge in [-0.1, -0.05) is 17.7 Å². The van der Waals surface area contributed by atoms with Gasteiger partial charge in [-0.3, -0.25) is 4.72 Å². The fourth-order valence-electron chi connectivity index (χ4n) is 1.55. The van der Waals surface area contributed by atoms with Gasteiger partial charge in [0.2, 0.25) is 0 Å². The minimum absolute atomic E-state index is 0.171. The first-order valence-corrected chi connectivity index (χ1v) is 7.40. The molecular weight excluding hydrogens is 308 g/mol. The van der Waals surface area contributed by atoms with Crippen LogP contribution >= 0.6 is 11.6 Å². The van der Waals surface area contributed by atoms with E-state index in [1.165, 1.54) is 12.1 Å². The Morgan fingerprint density at radius 2 is 1.80 bits per heavy atom. The van der Waals surface area contributed by atoms with Gasteiger partial charge in [0.15, 0.2) is 0 Å². The Labute approximate surface area is 120 Å². The van der Waals surface area contributed by atoms with Crippen LogP contribution in [0.2, 0.25) is 5.02 Å². The molecule has 1 N–H and O–H groups in total. The molecule has 0 saturated carbocycles. The van der Waals surface area contributed by atoms with Crippen LogP contribution in [0.3, 0.4) is 0 Å². The normalized spacial score (nSPS) is 11.4. The summed E-state index contributed by atoms with van der Waals surface area (Å²) in [6.45, 7) is 1.76. The first kappa shape index (κ1) is 14.7. The molecule has 0 spiro atoms. The minimum atomic E-state index is -4.22. The van der Waals surface area contributed by atoms with E-state index in [1.54, 1.807) is 13.0 Å². The van der Waals surface area contributed by atoms with Crippen molar-refractivity contribution in [2.24, 2.45) is 0 Å². The molecule has 0 aromatic heterocycles. The van der Waals surface area contributed by atoms with Gasteiger partial charge >= 0.3 is 0 Å². The molecule has 0 aliphatic heterocycles. The van der Waals surface area contributed by atoms with Gasteiger partial charge in [0.25, 0.3) is 10.0 Å². The van der Waals surface area contributed by atoms with E-state index >= 15 is 0 Å². The first-order valence-electron chi connectivity index (χ1n) is 5.53. The Morgan fingerprint density at radius 1 is 1.10 bits per heavy atom. The maximum absolute atomic E-state index is 13.5. The summed E-state index contributed by atoms with van der Waals surface area (Å²) in [6.07, 6.45) is 0. The van der Waals surface area contributed by atoms with E-state index in [9.17, 15) is 17.2 Å². The molecule has 106 valence electrons. The van der Waals surface area contributed by atoms with Crippen LogP contribution in [-0.4, -0.2) is 8.42 Å². The summed E-state index contributed by atoms with van der Waals surface area (Å²) >= 11 is 5.88. The number of benzene rings is 2. The Balaban J connectivity index is 2.40. The number of hydrogen-bond donors (Lipinski definition) is 1. The van der Waals surface area contributed by atoms with Crippen LogP contribution in [0.25, 0.3) is 0 Å². The topological polar surface area (TPSA) is 46.2 Å². The van der Waals surface area contributed by atoms with Crippen molar-refractivity contribution in [3.8, 4) is 0 Å². The van der Waals surface area contributed by atoms with Crippen LogP contribution in [0.5, 0.6) is 0 Å². The lowest BCUT2D eigenvalue weighted by molar-refractivity contribution is 0.555. The van der Waals surface area contributed by atoms with Gasteiger partial charge < -0.3 is 0 Å². The molecule has 0 heterocycles. The molecule has 0 saturated heterocycles. The monoisotopic (exact) mass is 317 g/mol. The van der Waals surface area contributed by atoms with Crippen molar-refractivity contribution in [3.63, 3.8) is 0 Å². The van der Waals surface area contributed by atoms with Crippen LogP contribution in [-0.2, 0) is 10.0 Å². The summed E-state index contributed by atoms with van der Waals surface area (Å²) in [6, 6.07) is 6.71. The molecule has 2 aromatic carbocycles. The molecule has 0 amide bonds. The number of halogens is 3. The molecule has 0 radical (unpaired) electrons. The highest BCUT2D eigenvalue weighted by Crippen LogP contribution is 2.24. The number of rotatable bonds is 3. The van der Waals surface area contributed by atoms with Gasteiger partial charge in [0, 0.05) is 5.02 Å². The van der Waals surface area contributed by atoms with Crippen molar-refractivity contribution >= 4 is 27.3 Å². The van der Waals surface area contributed by atoms with E-state index in [0.29, 0.717) is 11.1 Å². The maximum Gasteiger partial charge on any atom is 0.264 e. The molecule has 0 fully saturated rings. The number of anilines is 1. The highest BCUT2D eigenvalue weighted by molar-refractivity contribution is 7.92. The van der Waals surface area contributed by atoms with Crippen molar-refractivity contribution in [1.29, 1.82) is 0 Å². The van der Waals surface area contributed by atoms with E-state index in [1.807, 2.05) is 0 Å². The summed E-state index contributed by atoms with van der Waals surface area (Å²) in [5.41, 5.74) is 0.941. The van der Waals surface area contributed by atoms with Gasteiger partial charge in [-0.05, 0) is 42.8 Å². The molecule has 0 unspecified atom stereocenters. The predicted molar refractivity (Wildman–Crippen MR) is 73.4 cm³/mol. The van der Waals surface area contributed by atoms with Crippen LogP contribution in [0.4, 0.5) is 14.5 Å². The van der Waals surface area contributed by atoms with Gasteiger partial charge in [-0.25, -0.2) is 17.2 Å². The summed E-state index contributed by atoms with van der Waals surface area (Å²) in [5.74, 6) is -1.87. The largest absolute Gasteiger partial charge is 0.279 e. The second-order valence-corrected chi connectivity index (χ2v) is 6.20. The van der Waals surface area contributed by atoms with Gasteiger partial charge in [-0.2, -0.15) is 0 Å². The fraction of sp³-hybridized carbons (Fsp3) is 0.0769. The third-order valence-electron chi connectivity index (χ3n) is 2.61. The molecule has 0 bridgehead atoms. The quantitative estimate of drug-likeness (QED) is 0.937. The Kier molecular flexibility index (Phi) is 3.96. The molecule has 2 aromatic rings. The van der Waals surface area contributed by atoms with E-state index < -0.39 is 26.6 Å². The van der Waals surface area contributed by atoms with Gasteiger partial charge in [-0.15, -0.1) is 0 Å². The van der Waals surface area contributed by atoms with Crippen molar-refractivity contribution in [2.75, 3.05) is 4.72 Å². The number of aryl methyl sites for hydroxylation is 1. The standard InChI is InChI=1S/C13H10ClF2NO2S/c1-8-2-4-10(7-11(8)14)17-20(18,19)13-6-9(15)3-5-12(13)16/h2-7,17H,1H3. The predicted octanol–water partition coefficient (Wildman–Crippen LogP) is 3.73. The Hall–Kier alpha value is -1.66. The summed E-state index contributed by atoms with van der Waals surface area (Å²) < 4.78 is 52.7. The zero-order chi connectivity index (χ0) is 14.9. The summed E-state index contributed by atoms with van der Waals surface area (Å²) in [4.78, 5) is -0.755. The van der Waals surface area contributed by atoms with Crippen LogP contribution in [0.1, 0.15) is 5.56 Å².